The van der Waals surface area contributed by atoms with Crippen LogP contribution < -0.4 is 4.90 Å². The third-order valence-corrected chi connectivity index (χ3v) is 5.20. The molecule has 138 valence electrons. The topological polar surface area (TPSA) is 49.3 Å². The van der Waals surface area contributed by atoms with Crippen molar-refractivity contribution < 1.29 is 9.18 Å². The lowest BCUT2D eigenvalue weighted by atomic mass is 9.95. The summed E-state index contributed by atoms with van der Waals surface area (Å²) in [5.41, 5.74) is 0.915. The number of hydrogen-bond acceptors (Lipinski definition) is 4. The van der Waals surface area contributed by atoms with Crippen LogP contribution in [-0.4, -0.2) is 41.1 Å². The summed E-state index contributed by atoms with van der Waals surface area (Å²) < 4.78 is 13.1. The molecule has 0 N–H and O–H groups in total. The summed E-state index contributed by atoms with van der Waals surface area (Å²) in [5, 5.41) is 8.35. The zero-order valence-corrected chi connectivity index (χ0v) is 15.7. The maximum atomic E-state index is 13.1. The Morgan fingerprint density at radius 2 is 2.00 bits per heavy atom. The Balaban J connectivity index is 1.68. The van der Waals surface area contributed by atoms with Gasteiger partial charge in [0, 0.05) is 20.1 Å². The lowest BCUT2D eigenvalue weighted by Crippen LogP contribution is -2.44. The molecule has 0 radical (unpaired) electrons. The fraction of sp³-hybridized carbons (Fsp3) is 0.421. The number of aromatic nitrogens is 2. The first-order valence-corrected chi connectivity index (χ1v) is 9.10. The van der Waals surface area contributed by atoms with E-state index >= 15 is 0 Å². The van der Waals surface area contributed by atoms with Crippen LogP contribution in [0.1, 0.15) is 31.4 Å². The van der Waals surface area contributed by atoms with E-state index in [1.54, 1.807) is 30.1 Å². The largest absolute Gasteiger partial charge is 0.354 e. The molecule has 2 heterocycles. The van der Waals surface area contributed by atoms with Crippen LogP contribution >= 0.6 is 11.6 Å². The zero-order valence-electron chi connectivity index (χ0n) is 14.9. The molecule has 0 bridgehead atoms. The highest BCUT2D eigenvalue weighted by atomic mass is 35.5. The third-order valence-electron chi connectivity index (χ3n) is 4.99. The molecule has 26 heavy (non-hydrogen) atoms. The van der Waals surface area contributed by atoms with Crippen molar-refractivity contribution >= 4 is 23.3 Å². The Morgan fingerprint density at radius 1 is 1.27 bits per heavy atom. The summed E-state index contributed by atoms with van der Waals surface area (Å²) in [7, 11) is 1.80. The minimum Gasteiger partial charge on any atom is -0.354 e. The maximum Gasteiger partial charge on any atom is 0.227 e. The van der Waals surface area contributed by atoms with Crippen molar-refractivity contribution in [3.8, 4) is 0 Å². The average Bonchev–Trinajstić information content (AvgIpc) is 2.67. The van der Waals surface area contributed by atoms with Gasteiger partial charge in [0.1, 0.15) is 5.82 Å². The van der Waals surface area contributed by atoms with Crippen LogP contribution in [-0.2, 0) is 4.79 Å². The summed E-state index contributed by atoms with van der Waals surface area (Å²) in [6.45, 7) is 3.41. The second-order valence-corrected chi connectivity index (χ2v) is 7.06. The van der Waals surface area contributed by atoms with Crippen LogP contribution in [0.4, 0.5) is 10.2 Å². The molecule has 0 aliphatic carbocycles. The number of nitrogens with zero attached hydrogens (tertiary/aromatic N) is 4. The molecule has 0 unspecified atom stereocenters. The van der Waals surface area contributed by atoms with E-state index in [1.807, 2.05) is 13.0 Å². The van der Waals surface area contributed by atoms with Crippen molar-refractivity contribution in [2.24, 2.45) is 5.92 Å². The number of amides is 1. The smallest absolute Gasteiger partial charge is 0.227 e. The summed E-state index contributed by atoms with van der Waals surface area (Å²) in [6.07, 6.45) is 1.76. The van der Waals surface area contributed by atoms with Crippen molar-refractivity contribution in [2.75, 3.05) is 25.0 Å². The number of rotatable bonds is 4. The maximum absolute atomic E-state index is 13.1. The van der Waals surface area contributed by atoms with Crippen molar-refractivity contribution in [3.05, 3.63) is 52.9 Å². The fourth-order valence-electron chi connectivity index (χ4n) is 3.31. The molecule has 1 fully saturated rings. The van der Waals surface area contributed by atoms with Crippen molar-refractivity contribution in [1.29, 1.82) is 0 Å². The minimum absolute atomic E-state index is 0.0912. The molecule has 0 saturated carbocycles. The van der Waals surface area contributed by atoms with Gasteiger partial charge in [-0.05, 0) is 49.6 Å². The molecule has 1 aliphatic heterocycles. The fourth-order valence-corrected chi connectivity index (χ4v) is 3.41. The van der Waals surface area contributed by atoms with Gasteiger partial charge in [0.15, 0.2) is 11.0 Å². The minimum atomic E-state index is -0.276. The number of carbonyl (C=O) groups is 1. The van der Waals surface area contributed by atoms with Gasteiger partial charge in [-0.3, -0.25) is 4.79 Å². The normalized spacial score (nSPS) is 18.5. The second-order valence-electron chi connectivity index (χ2n) is 6.68. The average molecular weight is 377 g/mol. The highest BCUT2D eigenvalue weighted by Crippen LogP contribution is 2.26. The highest BCUT2D eigenvalue weighted by molar-refractivity contribution is 6.29. The monoisotopic (exact) mass is 376 g/mol. The van der Waals surface area contributed by atoms with Gasteiger partial charge >= 0.3 is 0 Å². The number of carbonyl (C=O) groups excluding carboxylic acids is 1. The van der Waals surface area contributed by atoms with Gasteiger partial charge in [0.2, 0.25) is 5.91 Å². The summed E-state index contributed by atoms with van der Waals surface area (Å²) >= 11 is 5.80. The summed E-state index contributed by atoms with van der Waals surface area (Å²) in [6, 6.07) is 9.71. The van der Waals surface area contributed by atoms with Crippen LogP contribution in [0.5, 0.6) is 0 Å². The summed E-state index contributed by atoms with van der Waals surface area (Å²) in [5.74, 6) is 0.450. The molecule has 5 nitrogen and oxygen atoms in total. The number of hydrogen-bond donors (Lipinski definition) is 0. The summed E-state index contributed by atoms with van der Waals surface area (Å²) in [4.78, 5) is 16.8. The molecule has 2 aromatic rings. The molecule has 1 aromatic heterocycles. The predicted molar refractivity (Wildman–Crippen MR) is 99.6 cm³/mol. The van der Waals surface area contributed by atoms with E-state index in [2.05, 4.69) is 15.1 Å². The number of anilines is 1. The van der Waals surface area contributed by atoms with E-state index < -0.39 is 0 Å². The van der Waals surface area contributed by atoms with E-state index in [-0.39, 0.29) is 23.7 Å². The number of halogens is 2. The van der Waals surface area contributed by atoms with Gasteiger partial charge in [0.05, 0.1) is 12.0 Å². The lowest BCUT2D eigenvalue weighted by molar-refractivity contribution is -0.136. The lowest BCUT2D eigenvalue weighted by Gasteiger charge is -2.36. The third kappa shape index (κ3) is 4.12. The number of benzene rings is 1. The first-order valence-electron chi connectivity index (χ1n) is 8.72. The zero-order chi connectivity index (χ0) is 18.7. The molecule has 1 amide bonds. The van der Waals surface area contributed by atoms with Crippen molar-refractivity contribution in [3.63, 3.8) is 0 Å². The molecule has 1 saturated heterocycles. The van der Waals surface area contributed by atoms with E-state index in [0.717, 1.165) is 30.8 Å². The Labute approximate surface area is 157 Å². The van der Waals surface area contributed by atoms with Gasteiger partial charge in [0.25, 0.3) is 0 Å². The van der Waals surface area contributed by atoms with Crippen LogP contribution in [0.2, 0.25) is 5.15 Å². The number of piperidine rings is 1. The van der Waals surface area contributed by atoms with E-state index in [4.69, 9.17) is 11.6 Å². The van der Waals surface area contributed by atoms with Gasteiger partial charge in [-0.25, -0.2) is 4.39 Å². The highest BCUT2D eigenvalue weighted by Gasteiger charge is 2.30. The van der Waals surface area contributed by atoms with E-state index in [0.29, 0.717) is 11.7 Å². The van der Waals surface area contributed by atoms with Crippen LogP contribution in [0.25, 0.3) is 0 Å². The molecule has 0 spiro atoms. The molecule has 1 aromatic carbocycles. The quantitative estimate of drug-likeness (QED) is 0.816. The van der Waals surface area contributed by atoms with Crippen molar-refractivity contribution in [1.82, 2.24) is 15.1 Å². The molecule has 3 rings (SSSR count). The van der Waals surface area contributed by atoms with Gasteiger partial charge in [-0.15, -0.1) is 10.2 Å². The van der Waals surface area contributed by atoms with Gasteiger partial charge < -0.3 is 9.80 Å². The SMILES string of the molecule is C[C@@H](c1ccc(F)cc1)N(C)C(=O)[C@H]1CCCN(c2ccc(Cl)nn2)C1. The Kier molecular flexibility index (Phi) is 5.71. The molecule has 2 atom stereocenters. The second kappa shape index (κ2) is 7.99. The van der Waals surface area contributed by atoms with E-state index in [1.165, 1.54) is 12.1 Å². The first-order chi connectivity index (χ1) is 12.5. The first kappa shape index (κ1) is 18.6. The molecular formula is C19H22ClFN4O. The Bertz CT molecular complexity index is 753. The van der Waals surface area contributed by atoms with Crippen molar-refractivity contribution in [2.45, 2.75) is 25.8 Å². The molecule has 1 aliphatic rings. The Hall–Kier alpha value is -2.21. The standard InChI is InChI=1S/C19H22ClFN4O/c1-13(14-5-7-16(21)8-6-14)24(2)19(26)15-4-3-11-25(12-15)18-10-9-17(20)22-23-18/h5-10,13,15H,3-4,11-12H2,1-2H3/t13-,15-/m0/s1. The van der Waals surface area contributed by atoms with E-state index in [9.17, 15) is 9.18 Å². The Morgan fingerprint density at radius 3 is 2.65 bits per heavy atom. The van der Waals surface area contributed by atoms with Crippen LogP contribution in [0.3, 0.4) is 0 Å². The molecular weight excluding hydrogens is 355 g/mol. The van der Waals surface area contributed by atoms with Gasteiger partial charge in [-0.2, -0.15) is 0 Å². The van der Waals surface area contributed by atoms with Crippen LogP contribution in [0.15, 0.2) is 36.4 Å². The molecule has 7 heteroatoms. The predicted octanol–water partition coefficient (Wildman–Crippen LogP) is 3.71. The van der Waals surface area contributed by atoms with Gasteiger partial charge in [-0.1, -0.05) is 23.7 Å². The van der Waals surface area contributed by atoms with Crippen LogP contribution in [0, 0.1) is 11.7 Å².